The average molecular weight is 273 g/mol. The van der Waals surface area contributed by atoms with E-state index in [0.29, 0.717) is 0 Å². The molecule has 18 heavy (non-hydrogen) atoms. The maximum Gasteiger partial charge on any atom is 0.321 e. The lowest BCUT2D eigenvalue weighted by Gasteiger charge is -2.26. The Morgan fingerprint density at radius 2 is 1.56 bits per heavy atom. The molecule has 0 amide bonds. The minimum atomic E-state index is -1.37. The molecular weight excluding hydrogens is 242 g/mol. The van der Waals surface area contributed by atoms with Crippen molar-refractivity contribution >= 4 is 9.28 Å². The number of likely N-dealkylation sites (tertiary alicyclic amines) is 1. The van der Waals surface area contributed by atoms with Crippen molar-refractivity contribution in [1.29, 1.82) is 0 Å². The Kier molecular flexibility index (Phi) is 9.84. The standard InChI is InChI=1S/C14H31NO2Si/c1-3-12-16-18(17-13-4-2)14-8-11-15-9-6-5-7-10-15/h18H,3-14H2,1-2H3. The largest absolute Gasteiger partial charge is 0.397 e. The van der Waals surface area contributed by atoms with E-state index in [9.17, 15) is 0 Å². The first-order valence-corrected chi connectivity index (χ1v) is 9.58. The third-order valence-corrected chi connectivity index (χ3v) is 5.47. The van der Waals surface area contributed by atoms with Gasteiger partial charge in [-0.15, -0.1) is 0 Å². The summed E-state index contributed by atoms with van der Waals surface area (Å²) in [5.41, 5.74) is 0. The molecule has 1 rings (SSSR count). The highest BCUT2D eigenvalue weighted by molar-refractivity contribution is 6.44. The SMILES string of the molecule is CCCO[SiH](CCCN1CCCCC1)OCCC. The van der Waals surface area contributed by atoms with Gasteiger partial charge in [0.15, 0.2) is 0 Å². The molecule has 0 spiro atoms. The van der Waals surface area contributed by atoms with Crippen LogP contribution in [0.5, 0.6) is 0 Å². The van der Waals surface area contributed by atoms with E-state index in [1.54, 1.807) is 0 Å². The van der Waals surface area contributed by atoms with Crippen molar-refractivity contribution < 1.29 is 8.85 Å². The topological polar surface area (TPSA) is 21.7 Å². The van der Waals surface area contributed by atoms with Gasteiger partial charge in [0, 0.05) is 13.2 Å². The summed E-state index contributed by atoms with van der Waals surface area (Å²) in [6, 6.07) is 1.18. The van der Waals surface area contributed by atoms with E-state index in [4.69, 9.17) is 8.85 Å². The van der Waals surface area contributed by atoms with Gasteiger partial charge in [0.25, 0.3) is 0 Å². The molecule has 0 saturated carbocycles. The van der Waals surface area contributed by atoms with Crippen molar-refractivity contribution in [2.24, 2.45) is 0 Å². The maximum atomic E-state index is 5.88. The quantitative estimate of drug-likeness (QED) is 0.571. The van der Waals surface area contributed by atoms with E-state index in [2.05, 4.69) is 18.7 Å². The molecule has 3 nitrogen and oxygen atoms in total. The maximum absolute atomic E-state index is 5.88. The molecule has 1 heterocycles. The Hall–Kier alpha value is 0.0969. The van der Waals surface area contributed by atoms with Gasteiger partial charge in [0.1, 0.15) is 0 Å². The molecule has 0 aliphatic carbocycles. The number of hydrogen-bond acceptors (Lipinski definition) is 3. The van der Waals surface area contributed by atoms with Gasteiger partial charge in [-0.2, -0.15) is 0 Å². The predicted octanol–water partition coefficient (Wildman–Crippen LogP) is 2.94. The highest BCUT2D eigenvalue weighted by Gasteiger charge is 2.15. The van der Waals surface area contributed by atoms with Gasteiger partial charge in [-0.3, -0.25) is 0 Å². The summed E-state index contributed by atoms with van der Waals surface area (Å²) in [6.45, 7) is 9.94. The van der Waals surface area contributed by atoms with Crippen LogP contribution in [0.3, 0.4) is 0 Å². The average Bonchev–Trinajstić information content (AvgIpc) is 2.42. The summed E-state index contributed by atoms with van der Waals surface area (Å²) in [4.78, 5) is 2.61. The molecule has 1 saturated heterocycles. The Morgan fingerprint density at radius 1 is 0.944 bits per heavy atom. The van der Waals surface area contributed by atoms with Gasteiger partial charge >= 0.3 is 9.28 Å². The van der Waals surface area contributed by atoms with Crippen LogP contribution in [0.1, 0.15) is 52.4 Å². The highest BCUT2D eigenvalue weighted by atomic mass is 28.3. The second-order valence-electron chi connectivity index (χ2n) is 5.22. The van der Waals surface area contributed by atoms with Gasteiger partial charge in [0.2, 0.25) is 0 Å². The first-order valence-electron chi connectivity index (χ1n) is 7.82. The summed E-state index contributed by atoms with van der Waals surface area (Å²) in [6.07, 6.45) is 7.66. The summed E-state index contributed by atoms with van der Waals surface area (Å²) < 4.78 is 11.8. The second-order valence-corrected chi connectivity index (χ2v) is 7.32. The van der Waals surface area contributed by atoms with Crippen molar-refractivity contribution in [3.05, 3.63) is 0 Å². The molecule has 0 radical (unpaired) electrons. The minimum Gasteiger partial charge on any atom is -0.397 e. The molecule has 0 N–H and O–H groups in total. The third-order valence-electron chi connectivity index (χ3n) is 3.38. The summed E-state index contributed by atoms with van der Waals surface area (Å²) in [5.74, 6) is 0. The Bertz CT molecular complexity index is 179. The van der Waals surface area contributed by atoms with Crippen molar-refractivity contribution in [1.82, 2.24) is 4.90 Å². The lowest BCUT2D eigenvalue weighted by atomic mass is 10.1. The number of piperidine rings is 1. The molecule has 0 atom stereocenters. The molecule has 0 aromatic carbocycles. The van der Waals surface area contributed by atoms with E-state index < -0.39 is 9.28 Å². The fraction of sp³-hybridized carbons (Fsp3) is 1.00. The Morgan fingerprint density at radius 3 is 2.11 bits per heavy atom. The van der Waals surface area contributed by atoms with Gasteiger partial charge in [-0.1, -0.05) is 20.3 Å². The molecule has 1 aliphatic heterocycles. The van der Waals surface area contributed by atoms with Crippen molar-refractivity contribution in [2.75, 3.05) is 32.8 Å². The molecule has 1 aliphatic rings. The minimum absolute atomic E-state index is 0.879. The Balaban J connectivity index is 2.10. The summed E-state index contributed by atoms with van der Waals surface area (Å²) >= 11 is 0. The fourth-order valence-corrected chi connectivity index (χ4v) is 4.32. The third kappa shape index (κ3) is 7.51. The van der Waals surface area contributed by atoms with Crippen LogP contribution in [0.2, 0.25) is 6.04 Å². The summed E-state index contributed by atoms with van der Waals surface area (Å²) in [5, 5.41) is 0. The number of hydrogen-bond donors (Lipinski definition) is 0. The van der Waals surface area contributed by atoms with E-state index >= 15 is 0 Å². The predicted molar refractivity (Wildman–Crippen MR) is 79.4 cm³/mol. The molecular formula is C14H31NO2Si. The van der Waals surface area contributed by atoms with Gasteiger partial charge in [-0.05, 0) is 57.8 Å². The van der Waals surface area contributed by atoms with E-state index in [-0.39, 0.29) is 0 Å². The monoisotopic (exact) mass is 273 g/mol. The normalized spacial score (nSPS) is 17.5. The van der Waals surface area contributed by atoms with Crippen LogP contribution in [-0.4, -0.2) is 47.0 Å². The van der Waals surface area contributed by atoms with Crippen LogP contribution in [-0.2, 0) is 8.85 Å². The van der Waals surface area contributed by atoms with Crippen LogP contribution < -0.4 is 0 Å². The van der Waals surface area contributed by atoms with Crippen LogP contribution >= 0.6 is 0 Å². The molecule has 0 aromatic rings. The van der Waals surface area contributed by atoms with Crippen molar-refractivity contribution in [2.45, 2.75) is 58.4 Å². The molecule has 1 fully saturated rings. The van der Waals surface area contributed by atoms with Crippen LogP contribution in [0.4, 0.5) is 0 Å². The summed E-state index contributed by atoms with van der Waals surface area (Å²) in [7, 11) is -1.37. The van der Waals surface area contributed by atoms with Crippen LogP contribution in [0.15, 0.2) is 0 Å². The molecule has 4 heteroatoms. The molecule has 108 valence electrons. The van der Waals surface area contributed by atoms with E-state index in [1.807, 2.05) is 0 Å². The van der Waals surface area contributed by atoms with Gasteiger partial charge in [-0.25, -0.2) is 0 Å². The van der Waals surface area contributed by atoms with E-state index in [1.165, 1.54) is 51.4 Å². The zero-order valence-electron chi connectivity index (χ0n) is 12.3. The first kappa shape index (κ1) is 16.2. The lowest BCUT2D eigenvalue weighted by Crippen LogP contribution is -2.32. The number of rotatable bonds is 10. The lowest BCUT2D eigenvalue weighted by molar-refractivity contribution is 0.190. The smallest absolute Gasteiger partial charge is 0.321 e. The van der Waals surface area contributed by atoms with Crippen molar-refractivity contribution in [3.8, 4) is 0 Å². The van der Waals surface area contributed by atoms with Crippen LogP contribution in [0.25, 0.3) is 0 Å². The van der Waals surface area contributed by atoms with Crippen molar-refractivity contribution in [3.63, 3.8) is 0 Å². The zero-order valence-corrected chi connectivity index (χ0v) is 13.5. The second kappa shape index (κ2) is 11.0. The zero-order chi connectivity index (χ0) is 13.1. The highest BCUT2D eigenvalue weighted by Crippen LogP contribution is 2.11. The van der Waals surface area contributed by atoms with Gasteiger partial charge < -0.3 is 13.8 Å². The fourth-order valence-electron chi connectivity index (χ4n) is 2.38. The molecule has 0 unspecified atom stereocenters. The molecule has 0 bridgehead atoms. The Labute approximate surface area is 115 Å². The first-order chi connectivity index (χ1) is 8.86. The van der Waals surface area contributed by atoms with E-state index in [0.717, 1.165) is 26.1 Å². The number of nitrogens with zero attached hydrogens (tertiary/aromatic N) is 1. The van der Waals surface area contributed by atoms with Crippen LogP contribution in [0, 0.1) is 0 Å². The van der Waals surface area contributed by atoms with Gasteiger partial charge in [0.05, 0.1) is 0 Å². The molecule has 0 aromatic heterocycles.